The summed E-state index contributed by atoms with van der Waals surface area (Å²) in [4.78, 5) is 0. The van der Waals surface area contributed by atoms with Crippen molar-refractivity contribution in [3.8, 4) is 11.1 Å². The number of aryl methyl sites for hydroxylation is 2. The van der Waals surface area contributed by atoms with E-state index in [4.69, 9.17) is 0 Å². The zero-order valence-electron chi connectivity index (χ0n) is 10.5. The van der Waals surface area contributed by atoms with Crippen molar-refractivity contribution >= 4 is 0 Å². The number of nitrogens with two attached hydrogens (primary N) is 2. The molecule has 0 fully saturated rings. The van der Waals surface area contributed by atoms with Crippen molar-refractivity contribution < 1.29 is 0 Å². The topological polar surface area (TPSA) is 52.0 Å². The normalized spacial score (nSPS) is 9.41. The van der Waals surface area contributed by atoms with E-state index >= 15 is 0 Å². The van der Waals surface area contributed by atoms with Gasteiger partial charge in [-0.05, 0) is 25.0 Å². The summed E-state index contributed by atoms with van der Waals surface area (Å²) in [6.45, 7) is 4.50. The minimum absolute atomic E-state index is 0.250. The van der Waals surface area contributed by atoms with E-state index in [9.17, 15) is 0 Å². The Labute approximate surface area is 103 Å². The lowest BCUT2D eigenvalue weighted by molar-refractivity contribution is 1.07. The van der Waals surface area contributed by atoms with Crippen molar-refractivity contribution in [1.29, 1.82) is 0 Å². The van der Waals surface area contributed by atoms with Gasteiger partial charge in [0.05, 0.1) is 0 Å². The van der Waals surface area contributed by atoms with Crippen molar-refractivity contribution in [3.63, 3.8) is 0 Å². The van der Waals surface area contributed by atoms with Crippen LogP contribution >= 0.6 is 0 Å². The number of benzene rings is 2. The predicted molar refractivity (Wildman–Crippen MR) is 74.6 cm³/mol. The Kier molecular flexibility index (Phi) is 5.40. The summed E-state index contributed by atoms with van der Waals surface area (Å²) in [5, 5.41) is 0. The van der Waals surface area contributed by atoms with Crippen LogP contribution < -0.4 is 11.5 Å². The molecule has 0 aliphatic carbocycles. The van der Waals surface area contributed by atoms with E-state index < -0.39 is 0 Å². The molecule has 2 aromatic rings. The Bertz CT molecular complexity index is 420. The van der Waals surface area contributed by atoms with Crippen LogP contribution in [0.4, 0.5) is 0 Å². The first-order chi connectivity index (χ1) is 8.17. The summed E-state index contributed by atoms with van der Waals surface area (Å²) in [6, 6.07) is 17.2. The van der Waals surface area contributed by atoms with Crippen molar-refractivity contribution in [3.05, 3.63) is 59.7 Å². The van der Waals surface area contributed by atoms with Crippen LogP contribution in [0.5, 0.6) is 0 Å². The van der Waals surface area contributed by atoms with E-state index in [1.54, 1.807) is 0 Å². The van der Waals surface area contributed by atoms with Crippen molar-refractivity contribution in [2.75, 3.05) is 6.67 Å². The first kappa shape index (κ1) is 13.4. The number of rotatable bonds is 1. The Morgan fingerprint density at radius 2 is 1.12 bits per heavy atom. The fraction of sp³-hybridized carbons (Fsp3) is 0.200. The van der Waals surface area contributed by atoms with Gasteiger partial charge in [-0.1, -0.05) is 59.7 Å². The van der Waals surface area contributed by atoms with Crippen LogP contribution in [0.25, 0.3) is 11.1 Å². The molecule has 0 saturated heterocycles. The van der Waals surface area contributed by atoms with E-state index in [0.717, 1.165) is 0 Å². The maximum absolute atomic E-state index is 4.62. The maximum atomic E-state index is 4.62. The molecule has 2 heteroatoms. The van der Waals surface area contributed by atoms with Gasteiger partial charge in [0.15, 0.2) is 0 Å². The molecule has 0 amide bonds. The highest BCUT2D eigenvalue weighted by Gasteiger charge is 1.96. The molecule has 0 bridgehead atoms. The molecule has 4 N–H and O–H groups in total. The molecule has 17 heavy (non-hydrogen) atoms. The smallest absolute Gasteiger partial charge is 0.0403 e. The largest absolute Gasteiger partial charge is 0.319 e. The highest BCUT2D eigenvalue weighted by atomic mass is 14.7. The van der Waals surface area contributed by atoms with E-state index in [1.165, 1.54) is 22.3 Å². The van der Waals surface area contributed by atoms with Crippen LogP contribution in [0, 0.1) is 13.8 Å². The second-order valence-corrected chi connectivity index (χ2v) is 3.97. The minimum atomic E-state index is 0.250. The summed E-state index contributed by atoms with van der Waals surface area (Å²) in [7, 11) is 0. The van der Waals surface area contributed by atoms with Gasteiger partial charge in [0.2, 0.25) is 0 Å². The van der Waals surface area contributed by atoms with Gasteiger partial charge in [-0.15, -0.1) is 0 Å². The van der Waals surface area contributed by atoms with E-state index in [1.807, 2.05) is 0 Å². The Morgan fingerprint density at radius 1 is 0.765 bits per heavy atom. The molecular formula is C15H20N2. The Hall–Kier alpha value is -1.64. The maximum Gasteiger partial charge on any atom is 0.0403 e. The standard InChI is InChI=1S/C14H14.CH6N2/c1-11-5-3-7-13(9-11)14-8-4-6-12(2)10-14;2-1-3/h3-10H,1-2H3;1-3H2. The quantitative estimate of drug-likeness (QED) is 0.737. The fourth-order valence-corrected chi connectivity index (χ4v) is 1.65. The Morgan fingerprint density at radius 3 is 1.41 bits per heavy atom. The summed E-state index contributed by atoms with van der Waals surface area (Å²) >= 11 is 0. The average Bonchev–Trinajstić information content (AvgIpc) is 2.30. The van der Waals surface area contributed by atoms with Crippen LogP contribution in [0.2, 0.25) is 0 Å². The van der Waals surface area contributed by atoms with Crippen LogP contribution in [-0.4, -0.2) is 6.67 Å². The van der Waals surface area contributed by atoms with Gasteiger partial charge in [-0.2, -0.15) is 0 Å². The summed E-state index contributed by atoms with van der Waals surface area (Å²) in [5.41, 5.74) is 14.5. The molecule has 0 spiro atoms. The highest BCUT2D eigenvalue weighted by Crippen LogP contribution is 2.20. The third-order valence-corrected chi connectivity index (χ3v) is 2.37. The van der Waals surface area contributed by atoms with Gasteiger partial charge in [0.25, 0.3) is 0 Å². The molecule has 0 heterocycles. The second-order valence-electron chi connectivity index (χ2n) is 3.97. The average molecular weight is 228 g/mol. The van der Waals surface area contributed by atoms with Gasteiger partial charge in [0.1, 0.15) is 0 Å². The van der Waals surface area contributed by atoms with Crippen molar-refractivity contribution in [1.82, 2.24) is 0 Å². The predicted octanol–water partition coefficient (Wildman–Crippen LogP) is 2.83. The molecule has 2 aromatic carbocycles. The highest BCUT2D eigenvalue weighted by molar-refractivity contribution is 5.64. The fourth-order valence-electron chi connectivity index (χ4n) is 1.65. The Balaban J connectivity index is 0.000000437. The monoisotopic (exact) mass is 228 g/mol. The first-order valence-electron chi connectivity index (χ1n) is 5.71. The molecular weight excluding hydrogens is 208 g/mol. The zero-order valence-corrected chi connectivity index (χ0v) is 10.5. The lowest BCUT2D eigenvalue weighted by atomic mass is 10.0. The third kappa shape index (κ3) is 4.39. The molecule has 0 radical (unpaired) electrons. The lowest BCUT2D eigenvalue weighted by Gasteiger charge is -2.03. The van der Waals surface area contributed by atoms with Crippen LogP contribution in [0.3, 0.4) is 0 Å². The van der Waals surface area contributed by atoms with E-state index in [2.05, 4.69) is 73.8 Å². The molecule has 0 unspecified atom stereocenters. The lowest BCUT2D eigenvalue weighted by Crippen LogP contribution is -2.08. The van der Waals surface area contributed by atoms with Crippen molar-refractivity contribution in [2.45, 2.75) is 13.8 Å². The summed E-state index contributed by atoms with van der Waals surface area (Å²) < 4.78 is 0. The van der Waals surface area contributed by atoms with Crippen LogP contribution in [0.1, 0.15) is 11.1 Å². The molecule has 0 aliphatic rings. The first-order valence-corrected chi connectivity index (χ1v) is 5.71. The number of hydrogen-bond donors (Lipinski definition) is 2. The molecule has 2 nitrogen and oxygen atoms in total. The van der Waals surface area contributed by atoms with Gasteiger partial charge < -0.3 is 11.5 Å². The molecule has 0 aliphatic heterocycles. The summed E-state index contributed by atoms with van der Waals surface area (Å²) in [6.07, 6.45) is 0. The van der Waals surface area contributed by atoms with Crippen LogP contribution in [0.15, 0.2) is 48.5 Å². The molecule has 0 aromatic heterocycles. The zero-order chi connectivity index (χ0) is 12.7. The van der Waals surface area contributed by atoms with Gasteiger partial charge >= 0.3 is 0 Å². The third-order valence-electron chi connectivity index (χ3n) is 2.37. The minimum Gasteiger partial charge on any atom is -0.319 e. The van der Waals surface area contributed by atoms with E-state index in [-0.39, 0.29) is 6.67 Å². The second kappa shape index (κ2) is 6.84. The van der Waals surface area contributed by atoms with Crippen molar-refractivity contribution in [2.24, 2.45) is 11.5 Å². The van der Waals surface area contributed by atoms with E-state index in [0.29, 0.717) is 0 Å². The molecule has 0 saturated carbocycles. The number of hydrogen-bond acceptors (Lipinski definition) is 2. The van der Waals surface area contributed by atoms with Gasteiger partial charge in [0, 0.05) is 6.67 Å². The SMILES string of the molecule is Cc1cccc(-c2cccc(C)c2)c1.NCN. The van der Waals surface area contributed by atoms with Crippen LogP contribution in [-0.2, 0) is 0 Å². The van der Waals surface area contributed by atoms with Gasteiger partial charge in [-0.3, -0.25) is 0 Å². The molecule has 0 atom stereocenters. The molecule has 90 valence electrons. The van der Waals surface area contributed by atoms with Gasteiger partial charge in [-0.25, -0.2) is 0 Å². The summed E-state index contributed by atoms with van der Waals surface area (Å²) in [5.74, 6) is 0. The molecule has 2 rings (SSSR count).